The molecule has 3 rings (SSSR count). The highest BCUT2D eigenvalue weighted by Gasteiger charge is 2.49. The molecule has 9 heteroatoms. The van der Waals surface area contributed by atoms with E-state index in [2.05, 4.69) is 0 Å². The van der Waals surface area contributed by atoms with E-state index < -0.39 is 23.1 Å². The molecule has 1 aromatic rings. The van der Waals surface area contributed by atoms with Crippen molar-refractivity contribution in [3.63, 3.8) is 0 Å². The molecule has 2 aliphatic heterocycles. The quantitative estimate of drug-likeness (QED) is 0.779. The number of nitrogens with zero attached hydrogens (tertiary/aromatic N) is 1. The molecule has 0 saturated carbocycles. The van der Waals surface area contributed by atoms with E-state index in [1.165, 1.54) is 35.1 Å². The van der Waals surface area contributed by atoms with E-state index in [-0.39, 0.29) is 29.5 Å². The van der Waals surface area contributed by atoms with Crippen molar-refractivity contribution in [3.8, 4) is 0 Å². The molecule has 26 heavy (non-hydrogen) atoms. The fourth-order valence-electron chi connectivity index (χ4n) is 2.99. The summed E-state index contributed by atoms with van der Waals surface area (Å²) in [5.74, 6) is -2.28. The number of carbonyl (C=O) groups excluding carboxylic acids is 3. The number of ether oxygens (including phenoxy) is 2. The molecule has 0 aromatic carbocycles. The lowest BCUT2D eigenvalue weighted by molar-refractivity contribution is -0.139. The number of amides is 1. The van der Waals surface area contributed by atoms with Gasteiger partial charge in [-0.3, -0.25) is 9.69 Å². The monoisotopic (exact) mass is 394 g/mol. The molecule has 0 spiro atoms. The van der Waals surface area contributed by atoms with Gasteiger partial charge in [-0.1, -0.05) is 17.8 Å². The Morgan fingerprint density at radius 3 is 2.62 bits per heavy atom. The predicted molar refractivity (Wildman–Crippen MR) is 97.8 cm³/mol. The molecule has 0 aliphatic carbocycles. The fourth-order valence-corrected chi connectivity index (χ4v) is 4.99. The zero-order chi connectivity index (χ0) is 19.0. The summed E-state index contributed by atoms with van der Waals surface area (Å²) in [4.78, 5) is 39.9. The number of nitrogens with two attached hydrogens (primary N) is 1. The van der Waals surface area contributed by atoms with Gasteiger partial charge >= 0.3 is 11.9 Å². The van der Waals surface area contributed by atoms with Gasteiger partial charge in [0.05, 0.1) is 41.1 Å². The van der Waals surface area contributed by atoms with E-state index in [0.717, 1.165) is 4.88 Å². The number of rotatable bonds is 4. The Hall–Kier alpha value is -2.26. The molecular weight excluding hydrogens is 376 g/mol. The molecule has 138 valence electrons. The molecule has 2 N–H and O–H groups in total. The second kappa shape index (κ2) is 7.16. The number of esters is 2. The molecular formula is C17H18N2O5S2. The van der Waals surface area contributed by atoms with E-state index in [1.807, 2.05) is 17.5 Å². The summed E-state index contributed by atoms with van der Waals surface area (Å²) in [5, 5.41) is 1.84. The van der Waals surface area contributed by atoms with Crippen LogP contribution in [-0.2, 0) is 23.9 Å². The lowest BCUT2D eigenvalue weighted by atomic mass is 9.86. The van der Waals surface area contributed by atoms with Crippen LogP contribution in [0.25, 0.3) is 0 Å². The smallest absolute Gasteiger partial charge is 0.338 e. The third-order valence-corrected chi connectivity index (χ3v) is 6.23. The molecule has 0 radical (unpaired) electrons. The minimum atomic E-state index is -0.738. The first-order valence-electron chi connectivity index (χ1n) is 7.95. The average Bonchev–Trinajstić information content (AvgIpc) is 3.23. The Bertz CT molecular complexity index is 828. The molecule has 0 bridgehead atoms. The molecule has 2 unspecified atom stereocenters. The molecule has 7 nitrogen and oxygen atoms in total. The Balaban J connectivity index is 2.28. The fraction of sp³-hybridized carbons (Fsp3) is 0.353. The van der Waals surface area contributed by atoms with Crippen molar-refractivity contribution in [2.24, 2.45) is 5.73 Å². The maximum absolute atomic E-state index is 12.8. The number of methoxy groups -OCH3 is 1. The third-order valence-electron chi connectivity index (χ3n) is 4.11. The lowest BCUT2D eigenvalue weighted by Crippen LogP contribution is -2.40. The van der Waals surface area contributed by atoms with Gasteiger partial charge in [0.15, 0.2) is 0 Å². The van der Waals surface area contributed by atoms with Crippen LogP contribution in [0.5, 0.6) is 0 Å². The van der Waals surface area contributed by atoms with Gasteiger partial charge < -0.3 is 15.2 Å². The molecule has 1 aromatic heterocycles. The number of hydrogen-bond donors (Lipinski definition) is 1. The van der Waals surface area contributed by atoms with Crippen molar-refractivity contribution in [3.05, 3.63) is 44.4 Å². The van der Waals surface area contributed by atoms with Crippen molar-refractivity contribution < 1.29 is 23.9 Å². The first-order chi connectivity index (χ1) is 12.4. The van der Waals surface area contributed by atoms with Crippen LogP contribution in [0.15, 0.2) is 39.5 Å². The summed E-state index contributed by atoms with van der Waals surface area (Å²) < 4.78 is 10.1. The molecule has 3 heterocycles. The summed E-state index contributed by atoms with van der Waals surface area (Å²) in [6.45, 7) is 3.60. The van der Waals surface area contributed by atoms with Crippen LogP contribution in [-0.4, -0.2) is 41.7 Å². The van der Waals surface area contributed by atoms with Crippen molar-refractivity contribution in [2.45, 2.75) is 25.0 Å². The van der Waals surface area contributed by atoms with Crippen molar-refractivity contribution in [1.29, 1.82) is 0 Å². The number of thiophene rings is 1. The first-order valence-corrected chi connectivity index (χ1v) is 9.71. The SMILES string of the molecule is CCOC(=O)C1=C2SC(C)C(=O)N2C(N)=C(C(=O)OC)C1c1cccs1. The summed E-state index contributed by atoms with van der Waals surface area (Å²) in [7, 11) is 1.24. The largest absolute Gasteiger partial charge is 0.466 e. The maximum Gasteiger partial charge on any atom is 0.338 e. The molecule has 1 saturated heterocycles. The van der Waals surface area contributed by atoms with Crippen molar-refractivity contribution in [2.75, 3.05) is 13.7 Å². The Morgan fingerprint density at radius 1 is 1.31 bits per heavy atom. The summed E-state index contributed by atoms with van der Waals surface area (Å²) in [6, 6.07) is 3.63. The minimum absolute atomic E-state index is 0.000137. The zero-order valence-electron chi connectivity index (χ0n) is 14.5. The molecule has 1 amide bonds. The van der Waals surface area contributed by atoms with Gasteiger partial charge in [-0.05, 0) is 25.3 Å². The highest BCUT2D eigenvalue weighted by Crippen LogP contribution is 2.50. The van der Waals surface area contributed by atoms with Gasteiger partial charge in [-0.25, -0.2) is 9.59 Å². The number of hydrogen-bond acceptors (Lipinski definition) is 8. The second-order valence-corrected chi connectivity index (χ2v) is 7.92. The Morgan fingerprint density at radius 2 is 2.04 bits per heavy atom. The highest BCUT2D eigenvalue weighted by atomic mass is 32.2. The van der Waals surface area contributed by atoms with Gasteiger partial charge in [0.25, 0.3) is 0 Å². The number of fused-ring (bicyclic) bond motifs is 1. The number of carbonyl (C=O) groups is 3. The topological polar surface area (TPSA) is 98.9 Å². The number of thioether (sulfide) groups is 1. The minimum Gasteiger partial charge on any atom is -0.466 e. The van der Waals surface area contributed by atoms with Crippen molar-refractivity contribution >= 4 is 40.9 Å². The zero-order valence-corrected chi connectivity index (χ0v) is 16.1. The third kappa shape index (κ3) is 2.80. The summed E-state index contributed by atoms with van der Waals surface area (Å²) >= 11 is 2.63. The maximum atomic E-state index is 12.8. The van der Waals surface area contributed by atoms with Crippen LogP contribution in [0.2, 0.25) is 0 Å². The van der Waals surface area contributed by atoms with E-state index in [0.29, 0.717) is 5.03 Å². The summed E-state index contributed by atoms with van der Waals surface area (Å²) in [6.07, 6.45) is 0. The van der Waals surface area contributed by atoms with Gasteiger partial charge in [0.1, 0.15) is 5.82 Å². The van der Waals surface area contributed by atoms with E-state index in [4.69, 9.17) is 15.2 Å². The second-order valence-electron chi connectivity index (χ2n) is 5.61. The molecule has 1 fully saturated rings. The van der Waals surface area contributed by atoms with E-state index in [9.17, 15) is 14.4 Å². The average molecular weight is 394 g/mol. The van der Waals surface area contributed by atoms with Gasteiger partial charge in [0, 0.05) is 4.88 Å². The van der Waals surface area contributed by atoms with Crippen LogP contribution < -0.4 is 5.73 Å². The summed E-state index contributed by atoms with van der Waals surface area (Å²) in [5.41, 5.74) is 6.53. The van der Waals surface area contributed by atoms with Gasteiger partial charge in [0.2, 0.25) is 5.91 Å². The van der Waals surface area contributed by atoms with Crippen LogP contribution in [0, 0.1) is 0 Å². The van der Waals surface area contributed by atoms with Crippen LogP contribution in [0.4, 0.5) is 0 Å². The van der Waals surface area contributed by atoms with Gasteiger partial charge in [-0.15, -0.1) is 11.3 Å². The van der Waals surface area contributed by atoms with Gasteiger partial charge in [-0.2, -0.15) is 0 Å². The van der Waals surface area contributed by atoms with E-state index >= 15 is 0 Å². The normalized spacial score (nSPS) is 22.6. The molecule has 2 atom stereocenters. The van der Waals surface area contributed by atoms with Crippen LogP contribution in [0.3, 0.4) is 0 Å². The van der Waals surface area contributed by atoms with Crippen LogP contribution >= 0.6 is 23.1 Å². The standard InChI is InChI=1S/C17H18N2O5S2/c1-4-24-17(22)12-10(9-6-5-7-25-9)11(16(21)23-3)13(18)19-14(20)8(2)26-15(12)19/h5-8,10H,4,18H2,1-3H3. The van der Waals surface area contributed by atoms with Crippen molar-refractivity contribution in [1.82, 2.24) is 4.90 Å². The molecule has 2 aliphatic rings. The highest BCUT2D eigenvalue weighted by molar-refractivity contribution is 8.04. The predicted octanol–water partition coefficient (Wildman–Crippen LogP) is 1.93. The first kappa shape index (κ1) is 18.5. The van der Waals surface area contributed by atoms with Crippen LogP contribution in [0.1, 0.15) is 24.6 Å². The lowest BCUT2D eigenvalue weighted by Gasteiger charge is -2.32. The Labute approximate surface area is 158 Å². The Kier molecular flexibility index (Phi) is 5.10. The van der Waals surface area contributed by atoms with E-state index in [1.54, 1.807) is 13.8 Å².